The molecule has 1 amide bonds. The Bertz CT molecular complexity index is 521. The zero-order valence-electron chi connectivity index (χ0n) is 12.8. The summed E-state index contributed by atoms with van der Waals surface area (Å²) in [6.07, 6.45) is 1.23. The summed E-state index contributed by atoms with van der Waals surface area (Å²) in [5.74, 6) is -1.31. The Morgan fingerprint density at radius 1 is 1.19 bits per heavy atom. The number of benzene rings is 1. The second kappa shape index (κ2) is 6.29. The van der Waals surface area contributed by atoms with E-state index < -0.39 is 11.9 Å². The molecule has 4 heteroatoms. The molecule has 0 bridgehead atoms. The summed E-state index contributed by atoms with van der Waals surface area (Å²) in [5, 5.41) is 11.7. The average Bonchev–Trinajstić information content (AvgIpc) is 3.19. The fourth-order valence-electron chi connectivity index (χ4n) is 2.55. The van der Waals surface area contributed by atoms with Crippen LogP contribution < -0.4 is 5.32 Å². The Kier molecular flexibility index (Phi) is 4.66. The fourth-order valence-corrected chi connectivity index (χ4v) is 2.55. The van der Waals surface area contributed by atoms with Crippen LogP contribution in [0.4, 0.5) is 0 Å². The molecule has 1 aromatic carbocycles. The molecule has 1 aliphatic carbocycles. The monoisotopic (exact) mass is 289 g/mol. The molecule has 0 saturated heterocycles. The largest absolute Gasteiger partial charge is 0.481 e. The maximum Gasteiger partial charge on any atom is 0.307 e. The van der Waals surface area contributed by atoms with Gasteiger partial charge in [0.2, 0.25) is 5.91 Å². The first-order valence-corrected chi connectivity index (χ1v) is 7.50. The number of amides is 1. The molecule has 0 spiro atoms. The van der Waals surface area contributed by atoms with Crippen molar-refractivity contribution in [1.29, 1.82) is 0 Å². The highest BCUT2D eigenvalue weighted by molar-refractivity contribution is 5.89. The van der Waals surface area contributed by atoms with Crippen LogP contribution in [-0.2, 0) is 16.0 Å². The molecule has 1 saturated carbocycles. The highest BCUT2D eigenvalue weighted by Gasteiger charge is 2.48. The quantitative estimate of drug-likeness (QED) is 0.846. The summed E-state index contributed by atoms with van der Waals surface area (Å²) in [6, 6.07) is 8.44. The maximum absolute atomic E-state index is 11.9. The molecule has 1 unspecified atom stereocenters. The Morgan fingerprint density at radius 3 is 2.29 bits per heavy atom. The normalized spacial score (nSPS) is 21.9. The van der Waals surface area contributed by atoms with Crippen LogP contribution in [0.1, 0.15) is 44.2 Å². The van der Waals surface area contributed by atoms with E-state index in [4.69, 9.17) is 5.11 Å². The van der Waals surface area contributed by atoms with Crippen molar-refractivity contribution in [2.45, 2.75) is 45.6 Å². The Labute approximate surface area is 125 Å². The molecule has 1 aromatic rings. The summed E-state index contributed by atoms with van der Waals surface area (Å²) in [6.45, 7) is 6.27. The first kappa shape index (κ1) is 15.5. The van der Waals surface area contributed by atoms with E-state index in [1.807, 2.05) is 6.92 Å². The van der Waals surface area contributed by atoms with E-state index >= 15 is 0 Å². The molecule has 4 nitrogen and oxygen atoms in total. The number of nitrogens with one attached hydrogen (secondary N) is 1. The van der Waals surface area contributed by atoms with E-state index in [0.29, 0.717) is 12.3 Å². The van der Waals surface area contributed by atoms with Gasteiger partial charge < -0.3 is 10.4 Å². The van der Waals surface area contributed by atoms with Crippen LogP contribution in [0.3, 0.4) is 0 Å². The predicted molar refractivity (Wildman–Crippen MR) is 81.1 cm³/mol. The van der Waals surface area contributed by atoms with Gasteiger partial charge in [0, 0.05) is 6.04 Å². The lowest BCUT2D eigenvalue weighted by Crippen LogP contribution is -2.35. The van der Waals surface area contributed by atoms with Crippen molar-refractivity contribution < 1.29 is 14.7 Å². The van der Waals surface area contributed by atoms with Gasteiger partial charge in [-0.05, 0) is 36.8 Å². The predicted octanol–water partition coefficient (Wildman–Crippen LogP) is 2.58. The molecular formula is C17H23NO3. The first-order chi connectivity index (χ1) is 9.88. The van der Waals surface area contributed by atoms with Gasteiger partial charge in [-0.15, -0.1) is 0 Å². The van der Waals surface area contributed by atoms with Gasteiger partial charge in [0.05, 0.1) is 11.8 Å². The van der Waals surface area contributed by atoms with Gasteiger partial charge in [-0.25, -0.2) is 0 Å². The smallest absolute Gasteiger partial charge is 0.307 e. The van der Waals surface area contributed by atoms with Crippen LogP contribution in [0.2, 0.25) is 0 Å². The molecule has 0 radical (unpaired) electrons. The standard InChI is InChI=1S/C17H23NO3/c1-10(2)13-6-4-12(5-7-13)8-11(3)18-16(19)14-9-15(14)17(20)21/h4-7,10-11,14-15H,8-9H2,1-3H3,(H,18,19)(H,20,21)/t11?,14-,15+/m1/s1. The van der Waals surface area contributed by atoms with Crippen LogP contribution >= 0.6 is 0 Å². The molecule has 2 rings (SSSR count). The van der Waals surface area contributed by atoms with Gasteiger partial charge in [0.1, 0.15) is 0 Å². The van der Waals surface area contributed by atoms with Crippen molar-refractivity contribution in [2.24, 2.45) is 11.8 Å². The Morgan fingerprint density at radius 2 is 1.81 bits per heavy atom. The van der Waals surface area contributed by atoms with Gasteiger partial charge in [-0.3, -0.25) is 9.59 Å². The number of hydrogen-bond acceptors (Lipinski definition) is 2. The number of aliphatic carboxylic acids is 1. The number of carboxylic acid groups (broad SMARTS) is 1. The fraction of sp³-hybridized carbons (Fsp3) is 0.529. The SMILES string of the molecule is CC(Cc1ccc(C(C)C)cc1)NC(=O)[C@@H]1C[C@@H]1C(=O)O. The average molecular weight is 289 g/mol. The van der Waals surface area contributed by atoms with Crippen LogP contribution in [0.25, 0.3) is 0 Å². The lowest BCUT2D eigenvalue weighted by molar-refractivity contribution is -0.140. The number of carbonyl (C=O) groups is 2. The Hall–Kier alpha value is -1.84. The van der Waals surface area contributed by atoms with Crippen molar-refractivity contribution in [3.8, 4) is 0 Å². The third-order valence-electron chi connectivity index (χ3n) is 4.02. The molecule has 21 heavy (non-hydrogen) atoms. The molecule has 1 fully saturated rings. The third kappa shape index (κ3) is 4.06. The molecule has 0 aromatic heterocycles. The van der Waals surface area contributed by atoms with Crippen LogP contribution in [0, 0.1) is 11.8 Å². The summed E-state index contributed by atoms with van der Waals surface area (Å²) < 4.78 is 0. The summed E-state index contributed by atoms with van der Waals surface area (Å²) in [5.41, 5.74) is 2.48. The van der Waals surface area contributed by atoms with E-state index in [1.54, 1.807) is 0 Å². The van der Waals surface area contributed by atoms with Crippen molar-refractivity contribution in [2.75, 3.05) is 0 Å². The molecule has 2 N–H and O–H groups in total. The molecule has 0 aliphatic heterocycles. The van der Waals surface area contributed by atoms with Crippen molar-refractivity contribution in [1.82, 2.24) is 5.32 Å². The lowest BCUT2D eigenvalue weighted by atomic mass is 9.99. The molecule has 1 aliphatic rings. The van der Waals surface area contributed by atoms with E-state index in [9.17, 15) is 9.59 Å². The van der Waals surface area contributed by atoms with E-state index in [0.717, 1.165) is 6.42 Å². The second-order valence-electron chi connectivity index (χ2n) is 6.30. The van der Waals surface area contributed by atoms with Crippen LogP contribution in [0.15, 0.2) is 24.3 Å². The number of rotatable bonds is 6. The molecule has 114 valence electrons. The summed E-state index contributed by atoms with van der Waals surface area (Å²) in [7, 11) is 0. The number of carbonyl (C=O) groups excluding carboxylic acids is 1. The second-order valence-corrected chi connectivity index (χ2v) is 6.30. The minimum absolute atomic E-state index is 0.0115. The van der Waals surface area contributed by atoms with Crippen LogP contribution in [0.5, 0.6) is 0 Å². The van der Waals surface area contributed by atoms with Crippen molar-refractivity contribution in [3.63, 3.8) is 0 Å². The highest BCUT2D eigenvalue weighted by atomic mass is 16.4. The Balaban J connectivity index is 1.83. The number of hydrogen-bond donors (Lipinski definition) is 2. The van der Waals surface area contributed by atoms with Gasteiger partial charge in [0.15, 0.2) is 0 Å². The van der Waals surface area contributed by atoms with E-state index in [-0.39, 0.29) is 17.9 Å². The summed E-state index contributed by atoms with van der Waals surface area (Å²) >= 11 is 0. The molecule has 3 atom stereocenters. The number of carboxylic acids is 1. The van der Waals surface area contributed by atoms with Gasteiger partial charge in [-0.2, -0.15) is 0 Å². The van der Waals surface area contributed by atoms with Crippen molar-refractivity contribution in [3.05, 3.63) is 35.4 Å². The minimum atomic E-state index is -0.868. The maximum atomic E-state index is 11.9. The van der Waals surface area contributed by atoms with Crippen molar-refractivity contribution >= 4 is 11.9 Å². The van der Waals surface area contributed by atoms with E-state index in [2.05, 4.69) is 43.4 Å². The van der Waals surface area contributed by atoms with Crippen LogP contribution in [-0.4, -0.2) is 23.0 Å². The zero-order chi connectivity index (χ0) is 15.6. The van der Waals surface area contributed by atoms with Gasteiger partial charge in [-0.1, -0.05) is 38.1 Å². The molecule has 0 heterocycles. The van der Waals surface area contributed by atoms with Gasteiger partial charge in [0.25, 0.3) is 0 Å². The minimum Gasteiger partial charge on any atom is -0.481 e. The molecular weight excluding hydrogens is 266 g/mol. The lowest BCUT2D eigenvalue weighted by Gasteiger charge is -2.14. The van der Waals surface area contributed by atoms with Gasteiger partial charge >= 0.3 is 5.97 Å². The first-order valence-electron chi connectivity index (χ1n) is 7.50. The third-order valence-corrected chi connectivity index (χ3v) is 4.02. The highest BCUT2D eigenvalue weighted by Crippen LogP contribution is 2.38. The topological polar surface area (TPSA) is 66.4 Å². The summed E-state index contributed by atoms with van der Waals surface area (Å²) in [4.78, 5) is 22.6. The zero-order valence-corrected chi connectivity index (χ0v) is 12.8. The van der Waals surface area contributed by atoms with E-state index in [1.165, 1.54) is 11.1 Å².